The van der Waals surface area contributed by atoms with Crippen LogP contribution in [0, 0.1) is 5.92 Å². The van der Waals surface area contributed by atoms with E-state index in [1.807, 2.05) is 0 Å². The lowest BCUT2D eigenvalue weighted by Gasteiger charge is -2.10. The lowest BCUT2D eigenvalue weighted by atomic mass is 10.1. The Hall–Kier alpha value is -0.960. The minimum Gasteiger partial charge on any atom is -0.440 e. The Morgan fingerprint density at radius 3 is 2.87 bits per heavy atom. The summed E-state index contributed by atoms with van der Waals surface area (Å²) in [7, 11) is 0. The van der Waals surface area contributed by atoms with E-state index in [-0.39, 0.29) is 17.2 Å². The highest BCUT2D eigenvalue weighted by atomic mass is 35.5. The van der Waals surface area contributed by atoms with E-state index in [9.17, 15) is 4.79 Å². The second-order valence-corrected chi connectivity index (χ2v) is 4.56. The molecular formula is C11H14ClNO2. The van der Waals surface area contributed by atoms with E-state index in [2.05, 4.69) is 12.2 Å². The predicted molar refractivity (Wildman–Crippen MR) is 58.0 cm³/mol. The number of nitrogens with one attached hydrogen (secondary N) is 1. The molecule has 2 atom stereocenters. The average Bonchev–Trinajstić information content (AvgIpc) is 2.75. The third-order valence-corrected chi connectivity index (χ3v) is 3.03. The van der Waals surface area contributed by atoms with Crippen LogP contribution in [-0.2, 0) is 0 Å². The Morgan fingerprint density at radius 2 is 2.33 bits per heavy atom. The van der Waals surface area contributed by atoms with Crippen molar-refractivity contribution < 1.29 is 9.21 Å². The molecule has 1 amide bonds. The van der Waals surface area contributed by atoms with Gasteiger partial charge in [-0.25, -0.2) is 0 Å². The average molecular weight is 228 g/mol. The number of amides is 1. The molecule has 4 heteroatoms. The Balaban J connectivity index is 1.92. The summed E-state index contributed by atoms with van der Waals surface area (Å²) in [5.74, 6) is 0.830. The number of halogens is 1. The number of rotatable bonds is 2. The largest absolute Gasteiger partial charge is 0.440 e. The predicted octanol–water partition coefficient (Wildman–Crippen LogP) is 2.85. The first-order valence-corrected chi connectivity index (χ1v) is 5.59. The molecule has 1 aromatic heterocycles. The van der Waals surface area contributed by atoms with Crippen molar-refractivity contribution in [2.24, 2.45) is 5.92 Å². The quantitative estimate of drug-likeness (QED) is 0.844. The fourth-order valence-corrected chi connectivity index (χ4v) is 2.18. The van der Waals surface area contributed by atoms with E-state index in [1.54, 1.807) is 12.1 Å². The number of furan rings is 1. The molecule has 0 radical (unpaired) electrons. The van der Waals surface area contributed by atoms with Crippen molar-refractivity contribution in [2.75, 3.05) is 0 Å². The SMILES string of the molecule is CC1CCC(NC(=O)c2ccc(Cl)o2)C1. The van der Waals surface area contributed by atoms with E-state index in [4.69, 9.17) is 16.0 Å². The van der Waals surface area contributed by atoms with Gasteiger partial charge in [0, 0.05) is 6.04 Å². The fraction of sp³-hybridized carbons (Fsp3) is 0.545. The van der Waals surface area contributed by atoms with Crippen LogP contribution in [0.15, 0.2) is 16.5 Å². The van der Waals surface area contributed by atoms with Crippen molar-refractivity contribution in [3.05, 3.63) is 23.1 Å². The second kappa shape index (κ2) is 4.27. The summed E-state index contributed by atoms with van der Waals surface area (Å²) in [6, 6.07) is 3.46. The standard InChI is InChI=1S/C11H14ClNO2/c1-7-2-3-8(6-7)13-11(14)9-4-5-10(12)15-9/h4-5,7-8H,2-3,6H2,1H3,(H,13,14). The van der Waals surface area contributed by atoms with Crippen molar-refractivity contribution in [1.82, 2.24) is 5.32 Å². The van der Waals surface area contributed by atoms with Crippen molar-refractivity contribution >= 4 is 17.5 Å². The van der Waals surface area contributed by atoms with Gasteiger partial charge in [0.05, 0.1) is 0 Å². The molecule has 0 saturated heterocycles. The fourth-order valence-electron chi connectivity index (χ4n) is 2.03. The van der Waals surface area contributed by atoms with E-state index in [0.29, 0.717) is 11.7 Å². The van der Waals surface area contributed by atoms with Crippen molar-refractivity contribution in [3.63, 3.8) is 0 Å². The van der Waals surface area contributed by atoms with Crippen molar-refractivity contribution in [3.8, 4) is 0 Å². The third-order valence-electron chi connectivity index (χ3n) is 2.83. The van der Waals surface area contributed by atoms with Crippen LogP contribution in [0.1, 0.15) is 36.7 Å². The summed E-state index contributed by atoms with van der Waals surface area (Å²) in [6.07, 6.45) is 3.30. The van der Waals surface area contributed by atoms with Gasteiger partial charge >= 0.3 is 0 Å². The zero-order chi connectivity index (χ0) is 10.8. The maximum Gasteiger partial charge on any atom is 0.287 e. The molecular weight excluding hydrogens is 214 g/mol. The molecule has 0 aliphatic heterocycles. The molecule has 1 heterocycles. The van der Waals surface area contributed by atoms with Crippen LogP contribution in [0.3, 0.4) is 0 Å². The van der Waals surface area contributed by atoms with Crippen LogP contribution in [0.4, 0.5) is 0 Å². The molecule has 1 aromatic rings. The molecule has 2 unspecified atom stereocenters. The molecule has 0 bridgehead atoms. The molecule has 1 aliphatic carbocycles. The highest BCUT2D eigenvalue weighted by Crippen LogP contribution is 2.25. The Kier molecular flexibility index (Phi) is 3.00. The van der Waals surface area contributed by atoms with Crippen LogP contribution < -0.4 is 5.32 Å². The zero-order valence-corrected chi connectivity index (χ0v) is 9.38. The molecule has 0 spiro atoms. The first-order chi connectivity index (χ1) is 7.15. The number of hydrogen-bond donors (Lipinski definition) is 1. The summed E-state index contributed by atoms with van der Waals surface area (Å²) in [5, 5.41) is 3.20. The highest BCUT2D eigenvalue weighted by Gasteiger charge is 2.23. The normalized spacial score (nSPS) is 25.5. The number of carbonyl (C=O) groups excluding carboxylic acids is 1. The summed E-state index contributed by atoms with van der Waals surface area (Å²) in [5.41, 5.74) is 0. The molecule has 1 fully saturated rings. The van der Waals surface area contributed by atoms with Crippen molar-refractivity contribution in [2.45, 2.75) is 32.2 Å². The minimum atomic E-state index is -0.166. The highest BCUT2D eigenvalue weighted by molar-refractivity contribution is 6.29. The summed E-state index contributed by atoms with van der Waals surface area (Å²) < 4.78 is 5.04. The third kappa shape index (κ3) is 2.53. The van der Waals surface area contributed by atoms with Crippen LogP contribution in [0.2, 0.25) is 5.22 Å². The van der Waals surface area contributed by atoms with Gasteiger partial charge in [0.15, 0.2) is 11.0 Å². The summed E-state index contributed by atoms with van der Waals surface area (Å²) in [6.45, 7) is 2.20. The van der Waals surface area contributed by atoms with E-state index >= 15 is 0 Å². The molecule has 2 rings (SSSR count). The topological polar surface area (TPSA) is 42.2 Å². The molecule has 0 aromatic carbocycles. The van der Waals surface area contributed by atoms with E-state index in [0.717, 1.165) is 12.8 Å². The maximum atomic E-state index is 11.7. The number of carbonyl (C=O) groups is 1. The second-order valence-electron chi connectivity index (χ2n) is 4.19. The van der Waals surface area contributed by atoms with Gasteiger partial charge in [0.2, 0.25) is 0 Å². The van der Waals surface area contributed by atoms with Crippen LogP contribution in [0.25, 0.3) is 0 Å². The molecule has 1 aliphatic rings. The first kappa shape index (κ1) is 10.6. The van der Waals surface area contributed by atoms with Gasteiger partial charge in [-0.3, -0.25) is 4.79 Å². The number of hydrogen-bond acceptors (Lipinski definition) is 2. The monoisotopic (exact) mass is 227 g/mol. The van der Waals surface area contributed by atoms with Gasteiger partial charge in [-0.2, -0.15) is 0 Å². The van der Waals surface area contributed by atoms with Gasteiger partial charge in [-0.05, 0) is 48.9 Å². The van der Waals surface area contributed by atoms with Gasteiger partial charge < -0.3 is 9.73 Å². The Labute approximate surface area is 93.8 Å². The Bertz CT molecular complexity index is 361. The van der Waals surface area contributed by atoms with Crippen molar-refractivity contribution in [1.29, 1.82) is 0 Å². The zero-order valence-electron chi connectivity index (χ0n) is 8.63. The smallest absolute Gasteiger partial charge is 0.287 e. The molecule has 1 N–H and O–H groups in total. The lowest BCUT2D eigenvalue weighted by molar-refractivity contribution is 0.0909. The van der Waals surface area contributed by atoms with E-state index in [1.165, 1.54) is 6.42 Å². The van der Waals surface area contributed by atoms with Gasteiger partial charge in [0.1, 0.15) is 0 Å². The van der Waals surface area contributed by atoms with Gasteiger partial charge in [-0.15, -0.1) is 0 Å². The minimum absolute atomic E-state index is 0.166. The van der Waals surface area contributed by atoms with E-state index < -0.39 is 0 Å². The van der Waals surface area contributed by atoms with Gasteiger partial charge in [-0.1, -0.05) is 6.92 Å². The first-order valence-electron chi connectivity index (χ1n) is 5.21. The molecule has 82 valence electrons. The summed E-state index contributed by atoms with van der Waals surface area (Å²) in [4.78, 5) is 11.7. The lowest BCUT2D eigenvalue weighted by Crippen LogP contribution is -2.32. The molecule has 1 saturated carbocycles. The van der Waals surface area contributed by atoms with Crippen LogP contribution in [-0.4, -0.2) is 11.9 Å². The molecule has 15 heavy (non-hydrogen) atoms. The Morgan fingerprint density at radius 1 is 1.53 bits per heavy atom. The summed E-state index contributed by atoms with van der Waals surface area (Å²) >= 11 is 5.60. The maximum absolute atomic E-state index is 11.7. The van der Waals surface area contributed by atoms with Crippen LogP contribution in [0.5, 0.6) is 0 Å². The van der Waals surface area contributed by atoms with Gasteiger partial charge in [0.25, 0.3) is 5.91 Å². The molecule has 3 nitrogen and oxygen atoms in total. The van der Waals surface area contributed by atoms with Crippen LogP contribution >= 0.6 is 11.6 Å².